The molecule has 9 heteroatoms. The van der Waals surface area contributed by atoms with Gasteiger partial charge in [0.2, 0.25) is 17.6 Å². The number of aromatic nitrogens is 2. The van der Waals surface area contributed by atoms with E-state index in [2.05, 4.69) is 20.4 Å². The lowest BCUT2D eigenvalue weighted by molar-refractivity contribution is -0.126. The molecule has 1 aliphatic rings. The van der Waals surface area contributed by atoms with Crippen molar-refractivity contribution in [1.82, 2.24) is 20.4 Å². The number of nitrogens with zero attached hydrogens (tertiary/aromatic N) is 3. The molecular weight excluding hydrogens is 475 g/mol. The Morgan fingerprint density at radius 2 is 1.88 bits per heavy atom. The highest BCUT2D eigenvalue weighted by Crippen LogP contribution is 2.21. The average Bonchev–Trinajstić information content (AvgIpc) is 3.31. The molecule has 2 heterocycles. The number of hydrogen-bond acceptors (Lipinski definition) is 6. The molecule has 2 aromatic carbocycles. The zero-order valence-corrected chi connectivity index (χ0v) is 20.5. The number of piperidine rings is 1. The van der Waals surface area contributed by atoms with Gasteiger partial charge in [0.05, 0.1) is 6.54 Å². The van der Waals surface area contributed by atoms with Crippen LogP contribution >= 0.6 is 23.4 Å². The van der Waals surface area contributed by atoms with E-state index >= 15 is 0 Å². The molecule has 1 aliphatic heterocycles. The summed E-state index contributed by atoms with van der Waals surface area (Å²) in [6.45, 7) is 2.88. The van der Waals surface area contributed by atoms with Crippen LogP contribution in [-0.2, 0) is 17.1 Å². The summed E-state index contributed by atoms with van der Waals surface area (Å²) < 4.78 is 18.4. The number of hydrogen-bond donors (Lipinski definition) is 1. The fourth-order valence-electron chi connectivity index (χ4n) is 3.88. The van der Waals surface area contributed by atoms with Crippen LogP contribution in [0.1, 0.15) is 30.7 Å². The molecule has 0 aliphatic carbocycles. The number of halogens is 2. The van der Waals surface area contributed by atoms with Crippen LogP contribution < -0.4 is 5.32 Å². The Kier molecular flexibility index (Phi) is 8.96. The van der Waals surface area contributed by atoms with E-state index in [-0.39, 0.29) is 17.6 Å². The van der Waals surface area contributed by atoms with Crippen molar-refractivity contribution >= 4 is 29.3 Å². The lowest BCUT2D eigenvalue weighted by atomic mass is 9.96. The minimum atomic E-state index is -0.299. The van der Waals surface area contributed by atoms with E-state index in [4.69, 9.17) is 16.1 Å². The van der Waals surface area contributed by atoms with Crippen LogP contribution in [0.5, 0.6) is 0 Å². The monoisotopic (exact) mass is 502 g/mol. The maximum atomic E-state index is 13.1. The summed E-state index contributed by atoms with van der Waals surface area (Å²) in [5.41, 5.74) is 1.98. The highest BCUT2D eigenvalue weighted by atomic mass is 35.5. The van der Waals surface area contributed by atoms with Gasteiger partial charge in [-0.2, -0.15) is 16.7 Å². The molecule has 1 fully saturated rings. The molecule has 0 bridgehead atoms. The summed E-state index contributed by atoms with van der Waals surface area (Å²) in [5, 5.41) is 7.84. The van der Waals surface area contributed by atoms with Crippen molar-refractivity contribution in [2.24, 2.45) is 5.92 Å². The summed E-state index contributed by atoms with van der Waals surface area (Å²) in [4.78, 5) is 19.2. The van der Waals surface area contributed by atoms with E-state index in [1.54, 1.807) is 12.1 Å². The second kappa shape index (κ2) is 12.3. The summed E-state index contributed by atoms with van der Waals surface area (Å²) >= 11 is 7.77. The number of nitrogens with one attached hydrogen (secondary N) is 1. The standard InChI is InChI=1S/C25H28ClFN4O2S/c26-21-6-2-18(3-7-21)17-34-15-1-12-28-25(32)20-10-13-31(14-11-20)16-23-29-24(30-33-23)19-4-8-22(27)9-5-19/h2-9,20H,1,10-17H2,(H,28,32). The predicted octanol–water partition coefficient (Wildman–Crippen LogP) is 5.18. The number of amides is 1. The summed E-state index contributed by atoms with van der Waals surface area (Å²) in [6, 6.07) is 13.9. The van der Waals surface area contributed by atoms with Crippen LogP contribution in [0.4, 0.5) is 4.39 Å². The van der Waals surface area contributed by atoms with Crippen molar-refractivity contribution in [3.63, 3.8) is 0 Å². The summed E-state index contributed by atoms with van der Waals surface area (Å²) in [6.07, 6.45) is 2.59. The van der Waals surface area contributed by atoms with E-state index in [0.29, 0.717) is 24.8 Å². The van der Waals surface area contributed by atoms with E-state index in [0.717, 1.165) is 54.4 Å². The zero-order chi connectivity index (χ0) is 23.8. The first-order chi connectivity index (χ1) is 16.6. The lowest BCUT2D eigenvalue weighted by Gasteiger charge is -2.30. The van der Waals surface area contributed by atoms with Crippen molar-refractivity contribution in [2.75, 3.05) is 25.4 Å². The van der Waals surface area contributed by atoms with Gasteiger partial charge in [-0.3, -0.25) is 9.69 Å². The Hall–Kier alpha value is -2.42. The molecule has 1 saturated heterocycles. The fourth-order valence-corrected chi connectivity index (χ4v) is 4.93. The Morgan fingerprint density at radius 1 is 1.15 bits per heavy atom. The second-order valence-corrected chi connectivity index (χ2v) is 9.93. The van der Waals surface area contributed by atoms with Crippen molar-refractivity contribution in [3.8, 4) is 11.4 Å². The molecule has 3 aromatic rings. The average molecular weight is 503 g/mol. The van der Waals surface area contributed by atoms with Crippen LogP contribution in [0.25, 0.3) is 11.4 Å². The molecule has 6 nitrogen and oxygen atoms in total. The molecular formula is C25H28ClFN4O2S. The van der Waals surface area contributed by atoms with E-state index in [1.807, 2.05) is 36.0 Å². The molecule has 0 radical (unpaired) electrons. The van der Waals surface area contributed by atoms with Gasteiger partial charge >= 0.3 is 0 Å². The number of carbonyl (C=O) groups is 1. The summed E-state index contributed by atoms with van der Waals surface area (Å²) in [7, 11) is 0. The van der Waals surface area contributed by atoms with Crippen LogP contribution in [0.3, 0.4) is 0 Å². The smallest absolute Gasteiger partial charge is 0.241 e. The molecule has 0 unspecified atom stereocenters. The van der Waals surface area contributed by atoms with Crippen molar-refractivity contribution in [3.05, 3.63) is 70.8 Å². The minimum absolute atomic E-state index is 0.0513. The molecule has 4 rings (SSSR count). The van der Waals surface area contributed by atoms with Crippen molar-refractivity contribution in [1.29, 1.82) is 0 Å². The fraction of sp³-hybridized carbons (Fsp3) is 0.400. The largest absolute Gasteiger partial charge is 0.356 e. The maximum Gasteiger partial charge on any atom is 0.241 e. The Morgan fingerprint density at radius 3 is 2.62 bits per heavy atom. The van der Waals surface area contributed by atoms with E-state index < -0.39 is 0 Å². The predicted molar refractivity (Wildman–Crippen MR) is 133 cm³/mol. The van der Waals surface area contributed by atoms with Gasteiger partial charge in [-0.25, -0.2) is 4.39 Å². The molecule has 180 valence electrons. The van der Waals surface area contributed by atoms with Crippen LogP contribution in [0, 0.1) is 11.7 Å². The normalized spacial score (nSPS) is 14.9. The molecule has 0 saturated carbocycles. The molecule has 0 atom stereocenters. The Balaban J connectivity index is 1.10. The van der Waals surface area contributed by atoms with Crippen molar-refractivity contribution in [2.45, 2.75) is 31.6 Å². The highest BCUT2D eigenvalue weighted by Gasteiger charge is 2.25. The first-order valence-corrected chi connectivity index (χ1v) is 13.0. The van der Waals surface area contributed by atoms with E-state index in [9.17, 15) is 9.18 Å². The van der Waals surface area contributed by atoms with Gasteiger partial charge in [0, 0.05) is 28.8 Å². The zero-order valence-electron chi connectivity index (χ0n) is 18.9. The van der Waals surface area contributed by atoms with Gasteiger partial charge < -0.3 is 9.84 Å². The van der Waals surface area contributed by atoms with Gasteiger partial charge in [-0.05, 0) is 80.1 Å². The quantitative estimate of drug-likeness (QED) is 0.385. The van der Waals surface area contributed by atoms with Crippen molar-refractivity contribution < 1.29 is 13.7 Å². The minimum Gasteiger partial charge on any atom is -0.356 e. The molecule has 1 aromatic heterocycles. The number of carbonyl (C=O) groups excluding carboxylic acids is 1. The van der Waals surface area contributed by atoms with Gasteiger partial charge in [0.15, 0.2) is 0 Å². The van der Waals surface area contributed by atoms with Gasteiger partial charge in [-0.1, -0.05) is 28.9 Å². The van der Waals surface area contributed by atoms with Gasteiger partial charge in [0.25, 0.3) is 0 Å². The third-order valence-electron chi connectivity index (χ3n) is 5.83. The first-order valence-electron chi connectivity index (χ1n) is 11.5. The molecule has 34 heavy (non-hydrogen) atoms. The topological polar surface area (TPSA) is 71.3 Å². The van der Waals surface area contributed by atoms with Crippen LogP contribution in [-0.4, -0.2) is 46.3 Å². The SMILES string of the molecule is O=C(NCCCSCc1ccc(Cl)cc1)C1CCN(Cc2nc(-c3ccc(F)cc3)no2)CC1. The molecule has 1 N–H and O–H groups in total. The third kappa shape index (κ3) is 7.29. The number of rotatable bonds is 10. The van der Waals surface area contributed by atoms with E-state index in [1.165, 1.54) is 17.7 Å². The second-order valence-electron chi connectivity index (χ2n) is 8.39. The third-order valence-corrected chi connectivity index (χ3v) is 7.20. The molecule has 0 spiro atoms. The van der Waals surface area contributed by atoms with Gasteiger partial charge in [-0.15, -0.1) is 0 Å². The lowest BCUT2D eigenvalue weighted by Crippen LogP contribution is -2.40. The Bertz CT molecular complexity index is 1050. The summed E-state index contributed by atoms with van der Waals surface area (Å²) in [5.74, 6) is 2.84. The van der Waals surface area contributed by atoms with Gasteiger partial charge in [0.1, 0.15) is 5.82 Å². The van der Waals surface area contributed by atoms with Crippen LogP contribution in [0.15, 0.2) is 53.1 Å². The number of thioether (sulfide) groups is 1. The Labute approximate surface area is 208 Å². The number of likely N-dealkylation sites (tertiary alicyclic amines) is 1. The molecule has 1 amide bonds. The first kappa shape index (κ1) is 24.7. The highest BCUT2D eigenvalue weighted by molar-refractivity contribution is 7.98. The van der Waals surface area contributed by atoms with Crippen LogP contribution in [0.2, 0.25) is 5.02 Å². The maximum absolute atomic E-state index is 13.1. The number of benzene rings is 2.